The Hall–Kier alpha value is 0.0700. The van der Waals surface area contributed by atoms with Gasteiger partial charge in [-0.3, -0.25) is 9.11 Å². The zero-order chi connectivity index (χ0) is 12.1. The number of hydrogen-bond donors (Lipinski definition) is 1. The summed E-state index contributed by atoms with van der Waals surface area (Å²) in [5, 5.41) is 3.56. The lowest BCUT2D eigenvalue weighted by molar-refractivity contribution is 0.0917. The topological polar surface area (TPSA) is 32.3 Å². The highest BCUT2D eigenvalue weighted by atomic mass is 32.2. The summed E-state index contributed by atoms with van der Waals surface area (Å²) in [6.07, 6.45) is 3.01. The molecule has 3 nitrogen and oxygen atoms in total. The second kappa shape index (κ2) is 6.72. The third-order valence-electron chi connectivity index (χ3n) is 3.83. The summed E-state index contributed by atoms with van der Waals surface area (Å²) in [6.45, 7) is 9.97. The Morgan fingerprint density at radius 2 is 2.12 bits per heavy atom. The van der Waals surface area contributed by atoms with Gasteiger partial charge in [-0.15, -0.1) is 0 Å². The first-order chi connectivity index (χ1) is 7.56. The molecule has 1 rings (SSSR count). The predicted octanol–water partition coefficient (Wildman–Crippen LogP) is 1.07. The second-order valence-corrected chi connectivity index (χ2v) is 6.42. The second-order valence-electron chi connectivity index (χ2n) is 4.87. The van der Waals surface area contributed by atoms with Crippen molar-refractivity contribution < 1.29 is 4.21 Å². The van der Waals surface area contributed by atoms with Gasteiger partial charge in [0.25, 0.3) is 0 Å². The molecule has 0 aromatic rings. The van der Waals surface area contributed by atoms with Crippen LogP contribution in [0.3, 0.4) is 0 Å². The van der Waals surface area contributed by atoms with Crippen LogP contribution in [0, 0.1) is 5.92 Å². The number of rotatable bonds is 5. The molecule has 1 aliphatic rings. The molecule has 4 heteroatoms. The summed E-state index contributed by atoms with van der Waals surface area (Å²) in [6, 6.07) is 1.25. The minimum absolute atomic E-state index is 0.598. The van der Waals surface area contributed by atoms with Gasteiger partial charge >= 0.3 is 0 Å². The molecule has 0 aliphatic carbocycles. The van der Waals surface area contributed by atoms with Gasteiger partial charge in [0, 0.05) is 41.4 Å². The third-order valence-corrected chi connectivity index (χ3v) is 4.59. The minimum atomic E-state index is -0.663. The average Bonchev–Trinajstić information content (AvgIpc) is 2.24. The van der Waals surface area contributed by atoms with E-state index in [1.807, 2.05) is 0 Å². The van der Waals surface area contributed by atoms with Crippen LogP contribution < -0.4 is 5.32 Å². The average molecular weight is 246 g/mol. The maximum absolute atomic E-state index is 11.1. The molecule has 96 valence electrons. The van der Waals surface area contributed by atoms with Crippen LogP contribution >= 0.6 is 0 Å². The van der Waals surface area contributed by atoms with Gasteiger partial charge in [0.2, 0.25) is 0 Å². The minimum Gasteiger partial charge on any atom is -0.314 e. The van der Waals surface area contributed by atoms with Crippen molar-refractivity contribution in [2.45, 2.75) is 39.3 Å². The smallest absolute Gasteiger partial charge is 0.0359 e. The Balaban J connectivity index is 2.44. The molecule has 0 spiro atoms. The van der Waals surface area contributed by atoms with E-state index >= 15 is 0 Å². The SMILES string of the molecule is CCNC1CCN(CCS(C)=O)C(C)C1C. The van der Waals surface area contributed by atoms with Crippen molar-refractivity contribution in [3.8, 4) is 0 Å². The van der Waals surface area contributed by atoms with E-state index in [4.69, 9.17) is 0 Å². The number of nitrogens with zero attached hydrogens (tertiary/aromatic N) is 1. The highest BCUT2D eigenvalue weighted by molar-refractivity contribution is 7.84. The van der Waals surface area contributed by atoms with Gasteiger partial charge in [-0.2, -0.15) is 0 Å². The van der Waals surface area contributed by atoms with Crippen molar-refractivity contribution in [1.29, 1.82) is 0 Å². The molecule has 4 atom stereocenters. The molecule has 0 amide bonds. The van der Waals surface area contributed by atoms with E-state index in [9.17, 15) is 4.21 Å². The molecule has 1 fully saturated rings. The number of likely N-dealkylation sites (tertiary alicyclic amines) is 1. The van der Waals surface area contributed by atoms with Crippen LogP contribution in [0.15, 0.2) is 0 Å². The van der Waals surface area contributed by atoms with E-state index in [0.717, 1.165) is 25.4 Å². The predicted molar refractivity (Wildman–Crippen MR) is 71.2 cm³/mol. The van der Waals surface area contributed by atoms with E-state index in [1.54, 1.807) is 6.26 Å². The molecule has 4 unspecified atom stereocenters. The standard InChI is InChI=1S/C12H26N2OS/c1-5-13-12-6-7-14(8-9-16(4)15)11(3)10(12)2/h10-13H,5-9H2,1-4H3. The fourth-order valence-electron chi connectivity index (χ4n) is 2.55. The lowest BCUT2D eigenvalue weighted by Gasteiger charge is -2.43. The zero-order valence-corrected chi connectivity index (χ0v) is 11.8. The maximum atomic E-state index is 11.1. The van der Waals surface area contributed by atoms with E-state index < -0.39 is 10.8 Å². The highest BCUT2D eigenvalue weighted by Gasteiger charge is 2.31. The largest absolute Gasteiger partial charge is 0.314 e. The molecule has 16 heavy (non-hydrogen) atoms. The van der Waals surface area contributed by atoms with Crippen LogP contribution in [0.4, 0.5) is 0 Å². The van der Waals surface area contributed by atoms with Gasteiger partial charge in [-0.1, -0.05) is 13.8 Å². The molecule has 1 saturated heterocycles. The summed E-state index contributed by atoms with van der Waals surface area (Å²) >= 11 is 0. The molecule has 1 N–H and O–H groups in total. The first kappa shape index (κ1) is 14.1. The Bertz CT molecular complexity index is 235. The van der Waals surface area contributed by atoms with Crippen LogP contribution in [-0.4, -0.2) is 52.8 Å². The van der Waals surface area contributed by atoms with Crippen LogP contribution in [0.2, 0.25) is 0 Å². The summed E-state index contributed by atoms with van der Waals surface area (Å²) in [5.74, 6) is 1.49. The van der Waals surface area contributed by atoms with Gasteiger partial charge in [0.05, 0.1) is 0 Å². The van der Waals surface area contributed by atoms with Gasteiger partial charge < -0.3 is 5.32 Å². The molecule has 1 heterocycles. The number of nitrogens with one attached hydrogen (secondary N) is 1. The zero-order valence-electron chi connectivity index (χ0n) is 11.0. The number of piperidine rings is 1. The van der Waals surface area contributed by atoms with Crippen LogP contribution in [0.25, 0.3) is 0 Å². The quantitative estimate of drug-likeness (QED) is 0.788. The van der Waals surface area contributed by atoms with E-state index in [2.05, 4.69) is 31.0 Å². The molecular formula is C12H26N2OS. The summed E-state index contributed by atoms with van der Waals surface area (Å²) in [5.41, 5.74) is 0. The summed E-state index contributed by atoms with van der Waals surface area (Å²) < 4.78 is 11.1. The Labute approximate surface area is 102 Å². The summed E-state index contributed by atoms with van der Waals surface area (Å²) in [7, 11) is -0.663. The Kier molecular flexibility index (Phi) is 5.94. The molecule has 0 aromatic heterocycles. The van der Waals surface area contributed by atoms with Crippen LogP contribution in [-0.2, 0) is 10.8 Å². The molecule has 0 bridgehead atoms. The highest BCUT2D eigenvalue weighted by Crippen LogP contribution is 2.23. The Morgan fingerprint density at radius 1 is 1.44 bits per heavy atom. The van der Waals surface area contributed by atoms with Gasteiger partial charge in [-0.25, -0.2) is 0 Å². The van der Waals surface area contributed by atoms with Crippen LogP contribution in [0.1, 0.15) is 27.2 Å². The van der Waals surface area contributed by atoms with E-state index in [1.165, 1.54) is 6.42 Å². The fourth-order valence-corrected chi connectivity index (χ4v) is 3.04. The molecule has 0 aromatic carbocycles. The van der Waals surface area contributed by atoms with E-state index in [-0.39, 0.29) is 0 Å². The van der Waals surface area contributed by atoms with Crippen molar-refractivity contribution in [3.63, 3.8) is 0 Å². The van der Waals surface area contributed by atoms with Gasteiger partial charge in [-0.05, 0) is 32.4 Å². The number of hydrogen-bond acceptors (Lipinski definition) is 3. The Morgan fingerprint density at radius 3 is 2.69 bits per heavy atom. The van der Waals surface area contributed by atoms with Crippen molar-refractivity contribution in [1.82, 2.24) is 10.2 Å². The lowest BCUT2D eigenvalue weighted by Crippen LogP contribution is -2.54. The summed E-state index contributed by atoms with van der Waals surface area (Å²) in [4.78, 5) is 2.49. The maximum Gasteiger partial charge on any atom is 0.0359 e. The first-order valence-electron chi connectivity index (χ1n) is 6.33. The normalized spacial score (nSPS) is 33.9. The third kappa shape index (κ3) is 3.82. The first-order valence-corrected chi connectivity index (χ1v) is 8.06. The monoisotopic (exact) mass is 246 g/mol. The van der Waals surface area contributed by atoms with Crippen molar-refractivity contribution in [2.24, 2.45) is 5.92 Å². The fraction of sp³-hybridized carbons (Fsp3) is 1.00. The van der Waals surface area contributed by atoms with Gasteiger partial charge in [0.15, 0.2) is 0 Å². The van der Waals surface area contributed by atoms with Crippen molar-refractivity contribution >= 4 is 10.8 Å². The van der Waals surface area contributed by atoms with Gasteiger partial charge in [0.1, 0.15) is 0 Å². The lowest BCUT2D eigenvalue weighted by atomic mass is 9.87. The van der Waals surface area contributed by atoms with Crippen molar-refractivity contribution in [2.75, 3.05) is 31.6 Å². The molecular weight excluding hydrogens is 220 g/mol. The molecule has 1 aliphatic heterocycles. The van der Waals surface area contributed by atoms with Crippen LogP contribution in [0.5, 0.6) is 0 Å². The molecule has 0 radical (unpaired) electrons. The van der Waals surface area contributed by atoms with Crippen molar-refractivity contribution in [3.05, 3.63) is 0 Å². The molecule has 0 saturated carbocycles. The van der Waals surface area contributed by atoms with E-state index in [0.29, 0.717) is 18.0 Å².